The summed E-state index contributed by atoms with van der Waals surface area (Å²) >= 11 is 0. The van der Waals surface area contributed by atoms with Gasteiger partial charge < -0.3 is 15.1 Å². The zero-order valence-electron chi connectivity index (χ0n) is 20.2. The zero-order chi connectivity index (χ0) is 23.9. The Bertz CT molecular complexity index is 1330. The smallest absolute Gasteiger partial charge is 0.163 e. The molecule has 2 aliphatic rings. The molecule has 2 fully saturated rings. The van der Waals surface area contributed by atoms with E-state index in [2.05, 4.69) is 67.7 Å². The largest absolute Gasteiger partial charge is 0.369 e. The molecule has 0 amide bonds. The third-order valence-corrected chi connectivity index (χ3v) is 7.31. The maximum atomic E-state index is 15.3. The van der Waals surface area contributed by atoms with Crippen LogP contribution in [-0.4, -0.2) is 64.8 Å². The van der Waals surface area contributed by atoms with Crippen LogP contribution in [0.1, 0.15) is 30.0 Å². The van der Waals surface area contributed by atoms with Crippen molar-refractivity contribution < 1.29 is 4.39 Å². The van der Waals surface area contributed by atoms with E-state index < -0.39 is 0 Å². The number of hydrogen-bond donors (Lipinski definition) is 2. The van der Waals surface area contributed by atoms with Gasteiger partial charge in [0.05, 0.1) is 11.8 Å². The fraction of sp³-hybridized carbons (Fsp3) is 0.370. The first kappa shape index (κ1) is 22.1. The van der Waals surface area contributed by atoms with Crippen molar-refractivity contribution in [1.82, 2.24) is 30.4 Å². The summed E-state index contributed by atoms with van der Waals surface area (Å²) in [7, 11) is 2.16. The number of aromatic nitrogens is 4. The topological polar surface area (TPSA) is 73.0 Å². The fourth-order valence-corrected chi connectivity index (χ4v) is 5.25. The van der Waals surface area contributed by atoms with Crippen LogP contribution in [0, 0.1) is 12.7 Å². The van der Waals surface area contributed by atoms with Gasteiger partial charge in [-0.15, -0.1) is 0 Å². The SMILES string of the molecule is Cc1cc(C2CCCN2)cc(F)c1-c1ncc2[nH]nc(-c3ccc(N4CCN(C)CC4)cc3)c2n1. The maximum Gasteiger partial charge on any atom is 0.163 e. The van der Waals surface area contributed by atoms with Crippen molar-refractivity contribution in [3.8, 4) is 22.6 Å². The van der Waals surface area contributed by atoms with Gasteiger partial charge in [-0.1, -0.05) is 18.2 Å². The Balaban J connectivity index is 1.32. The van der Waals surface area contributed by atoms with Crippen LogP contribution < -0.4 is 10.2 Å². The molecule has 8 heteroatoms. The highest BCUT2D eigenvalue weighted by molar-refractivity contribution is 5.90. The van der Waals surface area contributed by atoms with Crippen molar-refractivity contribution in [3.63, 3.8) is 0 Å². The molecule has 2 N–H and O–H groups in total. The average molecular weight is 472 g/mol. The molecule has 0 radical (unpaired) electrons. The van der Waals surface area contributed by atoms with Gasteiger partial charge in [-0.2, -0.15) is 5.10 Å². The Kier molecular flexibility index (Phi) is 5.70. The van der Waals surface area contributed by atoms with E-state index >= 15 is 4.39 Å². The summed E-state index contributed by atoms with van der Waals surface area (Å²) in [5, 5.41) is 11.0. The highest BCUT2D eigenvalue weighted by Gasteiger charge is 2.22. The molecule has 6 rings (SSSR count). The molecule has 4 heterocycles. The molecule has 1 atom stereocenters. The van der Waals surface area contributed by atoms with Crippen molar-refractivity contribution in [3.05, 3.63) is 59.5 Å². The Labute approximate surface area is 204 Å². The molecule has 1 unspecified atom stereocenters. The third-order valence-electron chi connectivity index (χ3n) is 7.31. The molecule has 7 nitrogen and oxygen atoms in total. The zero-order valence-corrected chi connectivity index (χ0v) is 20.2. The summed E-state index contributed by atoms with van der Waals surface area (Å²) < 4.78 is 15.3. The predicted octanol–water partition coefficient (Wildman–Crippen LogP) is 4.31. The second-order valence-corrected chi connectivity index (χ2v) is 9.71. The van der Waals surface area contributed by atoms with Crippen molar-refractivity contribution in [1.29, 1.82) is 0 Å². The Hall–Kier alpha value is -3.36. The minimum Gasteiger partial charge on any atom is -0.369 e. The minimum atomic E-state index is -0.283. The fourth-order valence-electron chi connectivity index (χ4n) is 5.25. The van der Waals surface area contributed by atoms with E-state index in [1.54, 1.807) is 12.3 Å². The molecule has 4 aromatic rings. The quantitative estimate of drug-likeness (QED) is 0.462. The molecule has 2 aromatic carbocycles. The van der Waals surface area contributed by atoms with E-state index in [0.29, 0.717) is 16.9 Å². The summed E-state index contributed by atoms with van der Waals surface area (Å²) in [6, 6.07) is 12.4. The van der Waals surface area contributed by atoms with Crippen LogP contribution in [-0.2, 0) is 0 Å². The van der Waals surface area contributed by atoms with Crippen LogP contribution in [0.2, 0.25) is 0 Å². The summed E-state index contributed by atoms with van der Waals surface area (Å²) in [5.41, 5.74) is 6.65. The van der Waals surface area contributed by atoms with Crippen molar-refractivity contribution in [2.45, 2.75) is 25.8 Å². The number of rotatable bonds is 4. The first-order valence-corrected chi connectivity index (χ1v) is 12.4. The number of piperazine rings is 1. The van der Waals surface area contributed by atoms with Crippen LogP contribution in [0.15, 0.2) is 42.6 Å². The lowest BCUT2D eigenvalue weighted by molar-refractivity contribution is 0.313. The van der Waals surface area contributed by atoms with Crippen LogP contribution in [0.25, 0.3) is 33.7 Å². The monoisotopic (exact) mass is 471 g/mol. The predicted molar refractivity (Wildman–Crippen MR) is 137 cm³/mol. The summed E-state index contributed by atoms with van der Waals surface area (Å²) in [4.78, 5) is 14.0. The second-order valence-electron chi connectivity index (χ2n) is 9.71. The highest BCUT2D eigenvalue weighted by Crippen LogP contribution is 2.33. The van der Waals surface area contributed by atoms with E-state index in [1.165, 1.54) is 5.69 Å². The lowest BCUT2D eigenvalue weighted by atomic mass is 9.98. The number of nitrogens with one attached hydrogen (secondary N) is 2. The van der Waals surface area contributed by atoms with Gasteiger partial charge in [0.15, 0.2) is 5.82 Å². The second kappa shape index (κ2) is 9.02. The molecule has 0 spiro atoms. The lowest BCUT2D eigenvalue weighted by Gasteiger charge is -2.34. The number of hydrogen-bond acceptors (Lipinski definition) is 6. The van der Waals surface area contributed by atoms with Crippen LogP contribution >= 0.6 is 0 Å². The number of aromatic amines is 1. The normalized spacial score (nSPS) is 19.1. The maximum absolute atomic E-state index is 15.3. The summed E-state index contributed by atoms with van der Waals surface area (Å²) in [5.74, 6) is 0.102. The van der Waals surface area contributed by atoms with Crippen LogP contribution in [0.5, 0.6) is 0 Å². The van der Waals surface area contributed by atoms with Gasteiger partial charge in [0.25, 0.3) is 0 Å². The minimum absolute atomic E-state index is 0.218. The number of benzene rings is 2. The number of anilines is 1. The van der Waals surface area contributed by atoms with Gasteiger partial charge >= 0.3 is 0 Å². The van der Waals surface area contributed by atoms with E-state index in [0.717, 1.165) is 73.5 Å². The third kappa shape index (κ3) is 4.17. The molecular weight excluding hydrogens is 441 g/mol. The van der Waals surface area contributed by atoms with Gasteiger partial charge in [-0.3, -0.25) is 5.10 Å². The molecule has 2 aromatic heterocycles. The number of nitrogens with zero attached hydrogens (tertiary/aromatic N) is 5. The highest BCUT2D eigenvalue weighted by atomic mass is 19.1. The Morgan fingerprint density at radius 2 is 1.86 bits per heavy atom. The van der Waals surface area contributed by atoms with Gasteiger partial charge in [0, 0.05) is 43.5 Å². The van der Waals surface area contributed by atoms with Crippen LogP contribution in [0.4, 0.5) is 10.1 Å². The first-order chi connectivity index (χ1) is 17.1. The molecule has 0 saturated carbocycles. The molecule has 2 saturated heterocycles. The van der Waals surface area contributed by atoms with Gasteiger partial charge in [0.2, 0.25) is 0 Å². The van der Waals surface area contributed by atoms with E-state index in [-0.39, 0.29) is 11.9 Å². The molecule has 35 heavy (non-hydrogen) atoms. The van der Waals surface area contributed by atoms with E-state index in [1.807, 2.05) is 6.92 Å². The van der Waals surface area contributed by atoms with Gasteiger partial charge in [0.1, 0.15) is 22.5 Å². The first-order valence-electron chi connectivity index (χ1n) is 12.4. The number of likely N-dealkylation sites (N-methyl/N-ethyl adjacent to an activating group) is 1. The molecule has 0 bridgehead atoms. The molecule has 180 valence electrons. The Morgan fingerprint density at radius 1 is 1.06 bits per heavy atom. The Morgan fingerprint density at radius 3 is 2.57 bits per heavy atom. The average Bonchev–Trinajstić information content (AvgIpc) is 3.55. The molecular formula is C27H30FN7. The van der Waals surface area contributed by atoms with Gasteiger partial charge in [-0.05, 0) is 62.7 Å². The number of H-pyrrole nitrogens is 1. The van der Waals surface area contributed by atoms with Crippen molar-refractivity contribution in [2.24, 2.45) is 0 Å². The van der Waals surface area contributed by atoms with Gasteiger partial charge in [-0.25, -0.2) is 14.4 Å². The van der Waals surface area contributed by atoms with E-state index in [9.17, 15) is 0 Å². The van der Waals surface area contributed by atoms with E-state index in [4.69, 9.17) is 4.98 Å². The summed E-state index contributed by atoms with van der Waals surface area (Å²) in [6.45, 7) is 7.10. The standard InChI is InChI=1S/C27H30FN7/c1-17-14-19(22-4-3-9-29-22)15-21(28)24(17)27-30-16-23-26(31-27)25(33-32-23)18-5-7-20(8-6-18)35-12-10-34(2)11-13-35/h5-8,14-16,22,29H,3-4,9-13H2,1-2H3,(H,32,33). The number of fused-ring (bicyclic) bond motifs is 1. The van der Waals surface area contributed by atoms with Crippen LogP contribution in [0.3, 0.4) is 0 Å². The molecule has 2 aliphatic heterocycles. The lowest BCUT2D eigenvalue weighted by Crippen LogP contribution is -2.44. The summed E-state index contributed by atoms with van der Waals surface area (Å²) in [6.07, 6.45) is 3.84. The molecule has 0 aliphatic carbocycles. The number of aryl methyl sites for hydroxylation is 1. The van der Waals surface area contributed by atoms with Crippen molar-refractivity contribution >= 4 is 16.7 Å². The number of halogens is 1. The van der Waals surface area contributed by atoms with Crippen molar-refractivity contribution in [2.75, 3.05) is 44.7 Å².